The summed E-state index contributed by atoms with van der Waals surface area (Å²) in [6.45, 7) is 6.69. The van der Waals surface area contributed by atoms with Crippen molar-refractivity contribution in [1.82, 2.24) is 4.31 Å². The van der Waals surface area contributed by atoms with E-state index in [0.29, 0.717) is 5.75 Å². The number of nitrogens with zero attached hydrogens (tertiary/aromatic N) is 1. The maximum absolute atomic E-state index is 11.7. The molecule has 13 heavy (non-hydrogen) atoms. The first-order chi connectivity index (χ1) is 6.00. The third-order valence-electron chi connectivity index (χ3n) is 2.69. The van der Waals surface area contributed by atoms with Crippen molar-refractivity contribution in [3.8, 4) is 0 Å². The topological polar surface area (TPSA) is 40.5 Å². The Morgan fingerprint density at radius 1 is 1.62 bits per heavy atom. The number of hydrogen-bond donors (Lipinski definition) is 1. The summed E-state index contributed by atoms with van der Waals surface area (Å²) in [5, 5.41) is 9.67. The highest BCUT2D eigenvalue weighted by molar-refractivity contribution is 7.82. The smallest absolute Gasteiger partial charge is 0.0948 e. The van der Waals surface area contributed by atoms with Crippen LogP contribution in [0, 0.1) is 0 Å². The van der Waals surface area contributed by atoms with Crippen LogP contribution in [0.2, 0.25) is 0 Å². The van der Waals surface area contributed by atoms with E-state index in [4.69, 9.17) is 0 Å². The summed E-state index contributed by atoms with van der Waals surface area (Å²) in [5.41, 5.74) is -0.319. The standard InChI is InChI=1S/C9H19NO2S/c1-4-7-13(12)10-6-5-8(11)9(10,2)3/h8,11H,4-7H2,1-3H3. The van der Waals surface area contributed by atoms with Gasteiger partial charge in [0.1, 0.15) is 0 Å². The van der Waals surface area contributed by atoms with Crippen molar-refractivity contribution in [2.24, 2.45) is 0 Å². The lowest BCUT2D eigenvalue weighted by molar-refractivity contribution is 0.0921. The molecule has 0 bridgehead atoms. The summed E-state index contributed by atoms with van der Waals surface area (Å²) in [6.07, 6.45) is 1.32. The molecular weight excluding hydrogens is 186 g/mol. The predicted molar refractivity (Wildman–Crippen MR) is 54.7 cm³/mol. The average Bonchev–Trinajstić information content (AvgIpc) is 2.28. The zero-order valence-electron chi connectivity index (χ0n) is 8.62. The number of aliphatic hydroxyl groups excluding tert-OH is 1. The van der Waals surface area contributed by atoms with Crippen LogP contribution in [0.15, 0.2) is 0 Å². The quantitative estimate of drug-likeness (QED) is 0.744. The molecule has 4 heteroatoms. The van der Waals surface area contributed by atoms with Crippen LogP contribution in [-0.2, 0) is 11.0 Å². The van der Waals surface area contributed by atoms with Gasteiger partial charge < -0.3 is 5.11 Å². The Morgan fingerprint density at radius 3 is 2.62 bits per heavy atom. The Morgan fingerprint density at radius 2 is 2.23 bits per heavy atom. The van der Waals surface area contributed by atoms with Crippen LogP contribution in [0.25, 0.3) is 0 Å². The SMILES string of the molecule is CCCS(=O)N1CCC(O)C1(C)C. The van der Waals surface area contributed by atoms with E-state index in [-0.39, 0.29) is 11.6 Å². The molecule has 0 amide bonds. The third-order valence-corrected chi connectivity index (χ3v) is 4.59. The van der Waals surface area contributed by atoms with E-state index in [1.165, 1.54) is 0 Å². The fraction of sp³-hybridized carbons (Fsp3) is 1.00. The minimum atomic E-state index is -0.912. The van der Waals surface area contributed by atoms with Gasteiger partial charge in [0.05, 0.1) is 22.6 Å². The van der Waals surface area contributed by atoms with Crippen molar-refractivity contribution in [2.75, 3.05) is 12.3 Å². The highest BCUT2D eigenvalue weighted by Gasteiger charge is 2.42. The monoisotopic (exact) mass is 205 g/mol. The van der Waals surface area contributed by atoms with Crippen LogP contribution in [0.3, 0.4) is 0 Å². The maximum Gasteiger partial charge on any atom is 0.0948 e. The molecule has 1 aliphatic rings. The van der Waals surface area contributed by atoms with E-state index in [2.05, 4.69) is 0 Å². The zero-order chi connectivity index (χ0) is 10.1. The minimum Gasteiger partial charge on any atom is -0.391 e. The first-order valence-corrected chi connectivity index (χ1v) is 6.12. The fourth-order valence-corrected chi connectivity index (χ4v) is 3.22. The van der Waals surface area contributed by atoms with Crippen molar-refractivity contribution < 1.29 is 9.32 Å². The first kappa shape index (κ1) is 11.1. The lowest BCUT2D eigenvalue weighted by atomic mass is 10.0. The van der Waals surface area contributed by atoms with Gasteiger partial charge >= 0.3 is 0 Å². The Bertz CT molecular complexity index is 206. The molecule has 2 atom stereocenters. The molecule has 0 aromatic heterocycles. The second-order valence-corrected chi connectivity index (χ2v) is 5.58. The van der Waals surface area contributed by atoms with Crippen LogP contribution < -0.4 is 0 Å². The Kier molecular flexibility index (Phi) is 3.49. The molecule has 1 aliphatic heterocycles. The van der Waals surface area contributed by atoms with Gasteiger partial charge in [-0.2, -0.15) is 0 Å². The molecule has 1 fully saturated rings. The highest BCUT2D eigenvalue weighted by Crippen LogP contribution is 2.30. The van der Waals surface area contributed by atoms with E-state index in [9.17, 15) is 9.32 Å². The fourth-order valence-electron chi connectivity index (χ4n) is 1.70. The lowest BCUT2D eigenvalue weighted by Gasteiger charge is -2.32. The number of hydrogen-bond acceptors (Lipinski definition) is 2. The molecule has 0 aromatic carbocycles. The molecule has 1 rings (SSSR count). The van der Waals surface area contributed by atoms with Gasteiger partial charge in [0.25, 0.3) is 0 Å². The van der Waals surface area contributed by atoms with E-state index in [0.717, 1.165) is 19.4 Å². The van der Waals surface area contributed by atoms with Crippen LogP contribution in [-0.4, -0.2) is 37.6 Å². The van der Waals surface area contributed by atoms with Crippen LogP contribution in [0.5, 0.6) is 0 Å². The van der Waals surface area contributed by atoms with Gasteiger partial charge in [-0.1, -0.05) is 6.92 Å². The Hall–Kier alpha value is 0.0700. The number of rotatable bonds is 3. The molecule has 0 aromatic rings. The van der Waals surface area contributed by atoms with Crippen molar-refractivity contribution in [2.45, 2.75) is 45.3 Å². The Labute approximate surface area is 82.7 Å². The van der Waals surface area contributed by atoms with E-state index in [1.807, 2.05) is 25.1 Å². The van der Waals surface area contributed by atoms with E-state index >= 15 is 0 Å². The Balaban J connectivity index is 2.66. The summed E-state index contributed by atoms with van der Waals surface area (Å²) in [7, 11) is -0.912. The van der Waals surface area contributed by atoms with Gasteiger partial charge in [-0.15, -0.1) is 0 Å². The van der Waals surface area contributed by atoms with Crippen LogP contribution in [0.4, 0.5) is 0 Å². The normalized spacial score (nSPS) is 30.6. The molecule has 0 saturated carbocycles. The molecule has 0 spiro atoms. The van der Waals surface area contributed by atoms with Crippen molar-refractivity contribution >= 4 is 11.0 Å². The molecule has 0 radical (unpaired) electrons. The number of aliphatic hydroxyl groups is 1. The van der Waals surface area contributed by atoms with Crippen LogP contribution in [0.1, 0.15) is 33.6 Å². The summed E-state index contributed by atoms with van der Waals surface area (Å²) < 4.78 is 13.7. The van der Waals surface area contributed by atoms with Gasteiger partial charge in [-0.05, 0) is 26.7 Å². The largest absolute Gasteiger partial charge is 0.391 e. The predicted octanol–water partition coefficient (Wildman–Crippen LogP) is 0.905. The van der Waals surface area contributed by atoms with Crippen molar-refractivity contribution in [1.29, 1.82) is 0 Å². The summed E-state index contributed by atoms with van der Waals surface area (Å²) in [6, 6.07) is 0. The van der Waals surface area contributed by atoms with Gasteiger partial charge in [0.2, 0.25) is 0 Å². The second kappa shape index (κ2) is 4.07. The van der Waals surface area contributed by atoms with E-state index < -0.39 is 11.0 Å². The zero-order valence-corrected chi connectivity index (χ0v) is 9.43. The summed E-state index contributed by atoms with van der Waals surface area (Å²) in [5.74, 6) is 0.705. The van der Waals surface area contributed by atoms with Crippen LogP contribution >= 0.6 is 0 Å². The third kappa shape index (κ3) is 2.11. The molecule has 0 aliphatic carbocycles. The average molecular weight is 205 g/mol. The molecular formula is C9H19NO2S. The van der Waals surface area contributed by atoms with Gasteiger partial charge in [-0.25, -0.2) is 8.51 Å². The summed E-state index contributed by atoms with van der Waals surface area (Å²) >= 11 is 0. The first-order valence-electron chi connectivity index (χ1n) is 4.84. The van der Waals surface area contributed by atoms with Gasteiger partial charge in [0.15, 0.2) is 0 Å². The van der Waals surface area contributed by atoms with E-state index in [1.54, 1.807) is 0 Å². The molecule has 1 saturated heterocycles. The maximum atomic E-state index is 11.7. The molecule has 78 valence electrons. The van der Waals surface area contributed by atoms with Crippen molar-refractivity contribution in [3.05, 3.63) is 0 Å². The highest BCUT2D eigenvalue weighted by atomic mass is 32.2. The molecule has 2 unspecified atom stereocenters. The summed E-state index contributed by atoms with van der Waals surface area (Å²) in [4.78, 5) is 0. The minimum absolute atomic E-state index is 0.319. The van der Waals surface area contributed by atoms with Crippen molar-refractivity contribution in [3.63, 3.8) is 0 Å². The lowest BCUT2D eigenvalue weighted by Crippen LogP contribution is -2.46. The molecule has 1 N–H and O–H groups in total. The second-order valence-electron chi connectivity index (χ2n) is 4.09. The van der Waals surface area contributed by atoms with Gasteiger partial charge in [0, 0.05) is 12.3 Å². The molecule has 3 nitrogen and oxygen atoms in total. The van der Waals surface area contributed by atoms with Gasteiger partial charge in [-0.3, -0.25) is 0 Å². The molecule has 1 heterocycles.